The van der Waals surface area contributed by atoms with Crippen molar-refractivity contribution in [3.63, 3.8) is 0 Å². The number of amides is 1. The molecule has 1 aliphatic rings. The lowest BCUT2D eigenvalue weighted by molar-refractivity contribution is -0.122. The standard InChI is InChI=1S/C17H20N2O3S/c1-10-3-4-15(23-10)12-7-13-9-19(11(2)17(18)21)5-6-22-16(13)14(20)8-12/h3-4,7-8,11,20H,5-6,9H2,1-2H3,(H2,18,21)/t11-/m1/s1. The number of hydrogen-bond donors (Lipinski definition) is 2. The summed E-state index contributed by atoms with van der Waals surface area (Å²) >= 11 is 1.68. The van der Waals surface area contributed by atoms with Crippen LogP contribution in [0.25, 0.3) is 10.4 Å². The molecule has 3 N–H and O–H groups in total. The molecule has 0 radical (unpaired) electrons. The molecular formula is C17H20N2O3S. The number of rotatable bonds is 3. The van der Waals surface area contributed by atoms with Crippen LogP contribution < -0.4 is 10.5 Å². The quantitative estimate of drug-likeness (QED) is 0.905. The highest BCUT2D eigenvalue weighted by atomic mass is 32.1. The number of nitrogens with two attached hydrogens (primary N) is 1. The SMILES string of the molecule is Cc1ccc(-c2cc(O)c3c(c2)CN([C@H](C)C(N)=O)CCO3)s1. The molecule has 122 valence electrons. The summed E-state index contributed by atoms with van der Waals surface area (Å²) in [4.78, 5) is 15.8. The second kappa shape index (κ2) is 6.22. The summed E-state index contributed by atoms with van der Waals surface area (Å²) in [5.41, 5.74) is 7.25. The van der Waals surface area contributed by atoms with Crippen LogP contribution in [0.2, 0.25) is 0 Å². The summed E-state index contributed by atoms with van der Waals surface area (Å²) < 4.78 is 5.70. The molecule has 0 unspecified atom stereocenters. The third-order valence-electron chi connectivity index (χ3n) is 4.13. The molecule has 23 heavy (non-hydrogen) atoms. The number of primary amides is 1. The molecule has 0 bridgehead atoms. The van der Waals surface area contributed by atoms with E-state index in [-0.39, 0.29) is 17.7 Å². The predicted octanol–water partition coefficient (Wildman–Crippen LogP) is 2.50. The van der Waals surface area contributed by atoms with Crippen LogP contribution in [0.3, 0.4) is 0 Å². The van der Waals surface area contributed by atoms with Crippen LogP contribution in [-0.4, -0.2) is 35.1 Å². The molecule has 0 spiro atoms. The molecule has 6 heteroatoms. The van der Waals surface area contributed by atoms with Gasteiger partial charge in [0, 0.05) is 28.4 Å². The average Bonchev–Trinajstić information content (AvgIpc) is 2.81. The largest absolute Gasteiger partial charge is 0.504 e. The predicted molar refractivity (Wildman–Crippen MR) is 90.7 cm³/mol. The fourth-order valence-electron chi connectivity index (χ4n) is 2.76. The minimum Gasteiger partial charge on any atom is -0.504 e. The topological polar surface area (TPSA) is 75.8 Å². The Hall–Kier alpha value is -2.05. The Kier molecular flexibility index (Phi) is 4.28. The molecular weight excluding hydrogens is 312 g/mol. The zero-order chi connectivity index (χ0) is 16.6. The monoisotopic (exact) mass is 332 g/mol. The van der Waals surface area contributed by atoms with E-state index in [2.05, 4.69) is 13.0 Å². The van der Waals surface area contributed by atoms with Crippen molar-refractivity contribution in [1.29, 1.82) is 0 Å². The molecule has 1 aromatic carbocycles. The number of aromatic hydroxyl groups is 1. The molecule has 0 aliphatic carbocycles. The Morgan fingerprint density at radius 3 is 2.87 bits per heavy atom. The van der Waals surface area contributed by atoms with Crippen molar-refractivity contribution in [2.75, 3.05) is 13.2 Å². The second-order valence-corrected chi connectivity index (χ2v) is 7.08. The Morgan fingerprint density at radius 2 is 2.22 bits per heavy atom. The maximum Gasteiger partial charge on any atom is 0.234 e. The van der Waals surface area contributed by atoms with Gasteiger partial charge in [0.2, 0.25) is 5.91 Å². The molecule has 1 aliphatic heterocycles. The Bertz CT molecular complexity index is 741. The zero-order valence-electron chi connectivity index (χ0n) is 13.2. The van der Waals surface area contributed by atoms with Crippen LogP contribution in [0, 0.1) is 6.92 Å². The molecule has 2 heterocycles. The summed E-state index contributed by atoms with van der Waals surface area (Å²) in [5.74, 6) is 0.279. The third-order valence-corrected chi connectivity index (χ3v) is 5.18. The maximum atomic E-state index is 11.5. The van der Waals surface area contributed by atoms with E-state index in [0.717, 1.165) is 16.0 Å². The Balaban J connectivity index is 1.99. The van der Waals surface area contributed by atoms with Crippen molar-refractivity contribution in [3.05, 3.63) is 34.7 Å². The van der Waals surface area contributed by atoms with Gasteiger partial charge < -0.3 is 15.6 Å². The minimum atomic E-state index is -0.376. The third kappa shape index (κ3) is 3.18. The lowest BCUT2D eigenvalue weighted by Gasteiger charge is -2.24. The molecule has 2 aromatic rings. The van der Waals surface area contributed by atoms with E-state index in [1.807, 2.05) is 17.0 Å². The molecule has 0 saturated carbocycles. The van der Waals surface area contributed by atoms with E-state index < -0.39 is 0 Å². The van der Waals surface area contributed by atoms with Crippen LogP contribution in [-0.2, 0) is 11.3 Å². The highest BCUT2D eigenvalue weighted by molar-refractivity contribution is 7.15. The van der Waals surface area contributed by atoms with Crippen molar-refractivity contribution in [2.45, 2.75) is 26.4 Å². The number of phenols is 1. The second-order valence-electron chi connectivity index (χ2n) is 5.79. The van der Waals surface area contributed by atoms with Gasteiger partial charge in [0.1, 0.15) is 6.61 Å². The van der Waals surface area contributed by atoms with E-state index >= 15 is 0 Å². The van der Waals surface area contributed by atoms with Gasteiger partial charge in [0.05, 0.1) is 6.04 Å². The summed E-state index contributed by atoms with van der Waals surface area (Å²) in [5, 5.41) is 10.3. The summed E-state index contributed by atoms with van der Waals surface area (Å²) in [7, 11) is 0. The van der Waals surface area contributed by atoms with Gasteiger partial charge in [0.15, 0.2) is 11.5 Å². The molecule has 1 atom stereocenters. The number of carbonyl (C=O) groups is 1. The van der Waals surface area contributed by atoms with E-state index in [0.29, 0.717) is 25.4 Å². The first kappa shape index (κ1) is 15.8. The molecule has 1 amide bonds. The number of hydrogen-bond acceptors (Lipinski definition) is 5. The van der Waals surface area contributed by atoms with E-state index in [9.17, 15) is 9.90 Å². The number of fused-ring (bicyclic) bond motifs is 1. The first-order valence-corrected chi connectivity index (χ1v) is 8.36. The zero-order valence-corrected chi connectivity index (χ0v) is 14.0. The number of thiophene rings is 1. The van der Waals surface area contributed by atoms with E-state index in [1.165, 1.54) is 4.88 Å². The van der Waals surface area contributed by atoms with Gasteiger partial charge in [-0.15, -0.1) is 11.3 Å². The molecule has 0 saturated heterocycles. The van der Waals surface area contributed by atoms with E-state index in [1.54, 1.807) is 24.3 Å². The van der Waals surface area contributed by atoms with Crippen LogP contribution >= 0.6 is 11.3 Å². The molecule has 0 fully saturated rings. The lowest BCUT2D eigenvalue weighted by atomic mass is 10.1. The highest BCUT2D eigenvalue weighted by Crippen LogP contribution is 2.39. The summed E-state index contributed by atoms with van der Waals surface area (Å²) in [6.45, 7) is 5.36. The van der Waals surface area contributed by atoms with Gasteiger partial charge in [-0.05, 0) is 43.7 Å². The maximum absolute atomic E-state index is 11.5. The van der Waals surface area contributed by atoms with Gasteiger partial charge in [0.25, 0.3) is 0 Å². The fourth-order valence-corrected chi connectivity index (χ4v) is 3.62. The number of aryl methyl sites for hydroxylation is 1. The molecule has 5 nitrogen and oxygen atoms in total. The number of nitrogens with zero attached hydrogens (tertiary/aromatic N) is 1. The van der Waals surface area contributed by atoms with Crippen LogP contribution in [0.1, 0.15) is 17.4 Å². The van der Waals surface area contributed by atoms with Gasteiger partial charge in [-0.2, -0.15) is 0 Å². The van der Waals surface area contributed by atoms with Crippen LogP contribution in [0.4, 0.5) is 0 Å². The summed E-state index contributed by atoms with van der Waals surface area (Å²) in [6, 6.07) is 7.48. The average molecular weight is 332 g/mol. The van der Waals surface area contributed by atoms with Gasteiger partial charge >= 0.3 is 0 Å². The van der Waals surface area contributed by atoms with Crippen molar-refractivity contribution in [1.82, 2.24) is 4.90 Å². The number of carbonyl (C=O) groups excluding carboxylic acids is 1. The normalized spacial score (nSPS) is 16.3. The lowest BCUT2D eigenvalue weighted by Crippen LogP contribution is -2.43. The van der Waals surface area contributed by atoms with E-state index in [4.69, 9.17) is 10.5 Å². The highest BCUT2D eigenvalue weighted by Gasteiger charge is 2.25. The van der Waals surface area contributed by atoms with Crippen molar-refractivity contribution in [3.8, 4) is 21.9 Å². The van der Waals surface area contributed by atoms with Gasteiger partial charge in [-0.1, -0.05) is 0 Å². The first-order valence-electron chi connectivity index (χ1n) is 7.54. The van der Waals surface area contributed by atoms with Crippen molar-refractivity contribution < 1.29 is 14.6 Å². The van der Waals surface area contributed by atoms with Crippen molar-refractivity contribution in [2.24, 2.45) is 5.73 Å². The first-order chi connectivity index (χ1) is 11.0. The summed E-state index contributed by atoms with van der Waals surface area (Å²) in [6.07, 6.45) is 0. The minimum absolute atomic E-state index is 0.136. The number of phenolic OH excluding ortho intramolecular Hbond substituents is 1. The molecule has 3 rings (SSSR count). The van der Waals surface area contributed by atoms with Crippen molar-refractivity contribution >= 4 is 17.2 Å². The Morgan fingerprint density at radius 1 is 1.43 bits per heavy atom. The van der Waals surface area contributed by atoms with Gasteiger partial charge in [-0.25, -0.2) is 0 Å². The van der Waals surface area contributed by atoms with Gasteiger partial charge in [-0.3, -0.25) is 9.69 Å². The number of ether oxygens (including phenoxy) is 1. The van der Waals surface area contributed by atoms with Crippen LogP contribution in [0.5, 0.6) is 11.5 Å². The molecule has 1 aromatic heterocycles. The Labute approximate surface area is 139 Å². The fraction of sp³-hybridized carbons (Fsp3) is 0.353. The number of benzene rings is 1. The van der Waals surface area contributed by atoms with Crippen LogP contribution in [0.15, 0.2) is 24.3 Å². The smallest absolute Gasteiger partial charge is 0.234 e.